The summed E-state index contributed by atoms with van der Waals surface area (Å²) >= 11 is 0. The van der Waals surface area contributed by atoms with E-state index in [1.54, 1.807) is 0 Å². The van der Waals surface area contributed by atoms with Crippen LogP contribution < -0.4 is 19.5 Å². The van der Waals surface area contributed by atoms with Crippen molar-refractivity contribution in [1.82, 2.24) is 10.0 Å². The van der Waals surface area contributed by atoms with Crippen molar-refractivity contribution in [3.8, 4) is 11.5 Å². The molecule has 1 fully saturated rings. The third-order valence-corrected chi connectivity index (χ3v) is 5.91. The molecule has 6 nitrogen and oxygen atoms in total. The van der Waals surface area contributed by atoms with E-state index in [9.17, 15) is 12.8 Å². The van der Waals surface area contributed by atoms with Crippen LogP contribution in [0.3, 0.4) is 0 Å². The van der Waals surface area contributed by atoms with E-state index in [1.807, 2.05) is 0 Å². The van der Waals surface area contributed by atoms with Gasteiger partial charge in [0.15, 0.2) is 11.5 Å². The maximum atomic E-state index is 14.1. The molecule has 2 N–H and O–H groups in total. The molecule has 150 valence electrons. The number of halogens is 2. The molecular formula is C17H28ClFN2O4S. The van der Waals surface area contributed by atoms with Gasteiger partial charge in [-0.15, -0.1) is 12.4 Å². The average molecular weight is 411 g/mol. The van der Waals surface area contributed by atoms with Crippen LogP contribution in [-0.4, -0.2) is 41.8 Å². The van der Waals surface area contributed by atoms with E-state index in [-0.39, 0.29) is 30.5 Å². The Morgan fingerprint density at radius 2 is 1.62 bits per heavy atom. The summed E-state index contributed by atoms with van der Waals surface area (Å²) in [7, 11) is -1.22. The van der Waals surface area contributed by atoms with Crippen LogP contribution in [0, 0.1) is 5.82 Å². The van der Waals surface area contributed by atoms with Gasteiger partial charge in [0, 0.05) is 31.3 Å². The Balaban J connectivity index is 0.00000338. The molecule has 1 aliphatic carbocycles. The smallest absolute Gasteiger partial charge is 0.243 e. The largest absolute Gasteiger partial charge is 0.493 e. The summed E-state index contributed by atoms with van der Waals surface area (Å²) in [5, 5.41) is 3.38. The summed E-state index contributed by atoms with van der Waals surface area (Å²) in [6.07, 6.45) is 7.20. The predicted molar refractivity (Wildman–Crippen MR) is 101 cm³/mol. The van der Waals surface area contributed by atoms with Crippen LogP contribution in [0.2, 0.25) is 0 Å². The number of methoxy groups -OCH3 is 2. The Labute approximate surface area is 161 Å². The van der Waals surface area contributed by atoms with Gasteiger partial charge in [0.1, 0.15) is 10.7 Å². The molecule has 1 aromatic carbocycles. The highest BCUT2D eigenvalue weighted by Gasteiger charge is 2.22. The zero-order valence-electron chi connectivity index (χ0n) is 15.2. The maximum absolute atomic E-state index is 14.1. The van der Waals surface area contributed by atoms with Crippen LogP contribution in [0.15, 0.2) is 17.0 Å². The molecule has 9 heteroatoms. The SMILES string of the molecule is COc1cc(F)c(S(=O)(=O)NCCNC2CCCCCC2)cc1OC.Cl. The Morgan fingerprint density at radius 3 is 2.19 bits per heavy atom. The van der Waals surface area contributed by atoms with Gasteiger partial charge in [-0.25, -0.2) is 17.5 Å². The zero-order chi connectivity index (χ0) is 18.3. The first-order valence-corrected chi connectivity index (χ1v) is 10.1. The molecule has 1 saturated carbocycles. The van der Waals surface area contributed by atoms with Crippen molar-refractivity contribution < 1.29 is 22.3 Å². The van der Waals surface area contributed by atoms with E-state index in [1.165, 1.54) is 39.9 Å². The fourth-order valence-corrected chi connectivity index (χ4v) is 4.17. The number of nitrogens with one attached hydrogen (secondary N) is 2. The highest BCUT2D eigenvalue weighted by atomic mass is 35.5. The molecule has 0 aromatic heterocycles. The maximum Gasteiger partial charge on any atom is 0.243 e. The minimum Gasteiger partial charge on any atom is -0.493 e. The fraction of sp³-hybridized carbons (Fsp3) is 0.647. The van der Waals surface area contributed by atoms with E-state index < -0.39 is 20.7 Å². The van der Waals surface area contributed by atoms with Crippen molar-refractivity contribution in [2.24, 2.45) is 0 Å². The van der Waals surface area contributed by atoms with Crippen LogP contribution in [0.4, 0.5) is 4.39 Å². The molecule has 1 aromatic rings. The van der Waals surface area contributed by atoms with Crippen LogP contribution in [0.25, 0.3) is 0 Å². The number of benzene rings is 1. The first kappa shape index (κ1) is 23.0. The van der Waals surface area contributed by atoms with Crippen molar-refractivity contribution in [3.05, 3.63) is 17.9 Å². The molecule has 0 heterocycles. The first-order chi connectivity index (χ1) is 12.0. The third-order valence-electron chi connectivity index (χ3n) is 4.43. The van der Waals surface area contributed by atoms with E-state index in [4.69, 9.17) is 9.47 Å². The van der Waals surface area contributed by atoms with Gasteiger partial charge in [-0.05, 0) is 12.8 Å². The summed E-state index contributed by atoms with van der Waals surface area (Å²) in [6, 6.07) is 2.58. The quantitative estimate of drug-likeness (QED) is 0.509. The molecule has 0 aliphatic heterocycles. The van der Waals surface area contributed by atoms with Gasteiger partial charge in [0.2, 0.25) is 10.0 Å². The van der Waals surface area contributed by atoms with E-state index in [0.717, 1.165) is 25.0 Å². The molecule has 26 heavy (non-hydrogen) atoms. The van der Waals surface area contributed by atoms with Crippen molar-refractivity contribution >= 4 is 22.4 Å². The highest BCUT2D eigenvalue weighted by molar-refractivity contribution is 7.89. The van der Waals surface area contributed by atoms with Gasteiger partial charge in [-0.3, -0.25) is 0 Å². The van der Waals surface area contributed by atoms with Crippen LogP contribution in [-0.2, 0) is 10.0 Å². The topological polar surface area (TPSA) is 76.7 Å². The monoisotopic (exact) mass is 410 g/mol. The molecule has 2 rings (SSSR count). The molecule has 1 aliphatic rings. The van der Waals surface area contributed by atoms with Gasteiger partial charge < -0.3 is 14.8 Å². The lowest BCUT2D eigenvalue weighted by Gasteiger charge is -2.16. The molecule has 0 atom stereocenters. The van der Waals surface area contributed by atoms with Gasteiger partial charge in [-0.1, -0.05) is 25.7 Å². The summed E-state index contributed by atoms with van der Waals surface area (Å²) in [6.45, 7) is 0.714. The van der Waals surface area contributed by atoms with Crippen LogP contribution in [0.1, 0.15) is 38.5 Å². The number of ether oxygens (including phenoxy) is 2. The van der Waals surface area contributed by atoms with Crippen molar-refractivity contribution in [2.45, 2.75) is 49.5 Å². The number of rotatable bonds is 8. The number of hydrogen-bond donors (Lipinski definition) is 2. The summed E-state index contributed by atoms with van der Waals surface area (Å²) in [5.41, 5.74) is 0. The third kappa shape index (κ3) is 6.26. The van der Waals surface area contributed by atoms with Crippen LogP contribution >= 0.6 is 12.4 Å². The minimum absolute atomic E-state index is 0. The fourth-order valence-electron chi connectivity index (χ4n) is 3.06. The van der Waals surface area contributed by atoms with Gasteiger partial charge in [-0.2, -0.15) is 0 Å². The van der Waals surface area contributed by atoms with Crippen LogP contribution in [0.5, 0.6) is 11.5 Å². The number of hydrogen-bond acceptors (Lipinski definition) is 5. The second kappa shape index (κ2) is 10.9. The summed E-state index contributed by atoms with van der Waals surface area (Å²) in [5.74, 6) is -0.559. The summed E-state index contributed by atoms with van der Waals surface area (Å²) < 4.78 is 51.3. The van der Waals surface area contributed by atoms with Gasteiger partial charge in [0.05, 0.1) is 14.2 Å². The molecule has 0 unspecified atom stereocenters. The minimum atomic E-state index is -3.96. The highest BCUT2D eigenvalue weighted by Crippen LogP contribution is 2.31. The van der Waals surface area contributed by atoms with Crippen molar-refractivity contribution in [2.75, 3.05) is 27.3 Å². The number of sulfonamides is 1. The van der Waals surface area contributed by atoms with Crippen molar-refractivity contribution in [1.29, 1.82) is 0 Å². The lowest BCUT2D eigenvalue weighted by Crippen LogP contribution is -2.37. The Bertz CT molecular complexity index is 665. The Hall–Kier alpha value is -1.09. The Kier molecular flexibility index (Phi) is 9.63. The predicted octanol–water partition coefficient (Wildman–Crippen LogP) is 2.86. The Morgan fingerprint density at radius 1 is 1.04 bits per heavy atom. The zero-order valence-corrected chi connectivity index (χ0v) is 16.8. The van der Waals surface area contributed by atoms with E-state index in [2.05, 4.69) is 10.0 Å². The molecule has 0 bridgehead atoms. The lowest BCUT2D eigenvalue weighted by molar-refractivity contribution is 0.350. The molecule has 0 saturated heterocycles. The molecule has 0 radical (unpaired) electrons. The standard InChI is InChI=1S/C17H27FN2O4S.ClH/c1-23-15-11-14(18)17(12-16(15)24-2)25(21,22)20-10-9-19-13-7-5-3-4-6-8-13;/h11-13,19-20H,3-10H2,1-2H3;1H. The summed E-state index contributed by atoms with van der Waals surface area (Å²) in [4.78, 5) is -0.445. The molecule has 0 amide bonds. The van der Waals surface area contributed by atoms with E-state index >= 15 is 0 Å². The second-order valence-electron chi connectivity index (χ2n) is 6.18. The molecule has 0 spiro atoms. The normalized spacial score (nSPS) is 15.8. The van der Waals surface area contributed by atoms with E-state index in [0.29, 0.717) is 12.6 Å². The lowest BCUT2D eigenvalue weighted by atomic mass is 10.1. The van der Waals surface area contributed by atoms with Gasteiger partial charge >= 0.3 is 0 Å². The molecular weight excluding hydrogens is 383 g/mol. The van der Waals surface area contributed by atoms with Crippen molar-refractivity contribution in [3.63, 3.8) is 0 Å². The second-order valence-corrected chi connectivity index (χ2v) is 7.91. The first-order valence-electron chi connectivity index (χ1n) is 8.62. The average Bonchev–Trinajstić information content (AvgIpc) is 2.87. The van der Waals surface area contributed by atoms with Gasteiger partial charge in [0.25, 0.3) is 0 Å².